The van der Waals surface area contributed by atoms with E-state index in [0.717, 1.165) is 25.2 Å². The van der Waals surface area contributed by atoms with Gasteiger partial charge >= 0.3 is 0 Å². The molecule has 0 amide bonds. The van der Waals surface area contributed by atoms with E-state index in [9.17, 15) is 0 Å². The van der Waals surface area contributed by atoms with Crippen molar-refractivity contribution in [2.24, 2.45) is 0 Å². The van der Waals surface area contributed by atoms with E-state index in [2.05, 4.69) is 51.6 Å². The Labute approximate surface area is 125 Å². The minimum absolute atomic E-state index is 0.308. The Morgan fingerprint density at radius 2 is 1.95 bits per heavy atom. The van der Waals surface area contributed by atoms with Gasteiger partial charge in [-0.05, 0) is 37.4 Å². The van der Waals surface area contributed by atoms with Crippen molar-refractivity contribution in [3.05, 3.63) is 42.0 Å². The Balaban J connectivity index is 2.40. The normalized spacial score (nSPS) is 13.9. The lowest BCUT2D eigenvalue weighted by atomic mass is 10.1. The smallest absolute Gasteiger partial charge is 0.204 e. The zero-order valence-corrected chi connectivity index (χ0v) is 14.3. The first kappa shape index (κ1) is 17.1. The molecule has 0 saturated heterocycles. The van der Waals surface area contributed by atoms with Crippen molar-refractivity contribution < 1.29 is 9.16 Å². The van der Waals surface area contributed by atoms with Crippen LogP contribution in [0.15, 0.2) is 30.8 Å². The summed E-state index contributed by atoms with van der Waals surface area (Å²) in [6.45, 7) is 11.8. The molecule has 0 fully saturated rings. The highest BCUT2D eigenvalue weighted by atomic mass is 28.3. The summed E-state index contributed by atoms with van der Waals surface area (Å²) in [6, 6.07) is 9.71. The van der Waals surface area contributed by atoms with Gasteiger partial charge in [0.1, 0.15) is 0 Å². The molecule has 2 nitrogen and oxygen atoms in total. The SMILES string of the molecule is C=Cc1ccc(CCO[SiH](CCC)C(C)OCC)cc1. The lowest BCUT2D eigenvalue weighted by Gasteiger charge is -2.22. The van der Waals surface area contributed by atoms with Gasteiger partial charge in [-0.1, -0.05) is 50.3 Å². The van der Waals surface area contributed by atoms with Gasteiger partial charge in [0.25, 0.3) is 0 Å². The first-order chi connectivity index (χ1) is 9.71. The highest BCUT2D eigenvalue weighted by Crippen LogP contribution is 2.10. The molecule has 2 unspecified atom stereocenters. The van der Waals surface area contributed by atoms with Gasteiger partial charge in [0, 0.05) is 13.2 Å². The highest BCUT2D eigenvalue weighted by molar-refractivity contribution is 6.53. The quantitative estimate of drug-likeness (QED) is 0.607. The zero-order chi connectivity index (χ0) is 14.8. The molecule has 3 heteroatoms. The molecule has 0 aliphatic rings. The standard InChI is InChI=1S/C17H28O2Si/c1-5-14-20(15(4)18-7-3)19-13-12-17-10-8-16(6-2)9-11-17/h6,8-11,15,20H,2,5,7,12-14H2,1,3-4H3. The largest absolute Gasteiger partial charge is 0.417 e. The molecule has 0 aliphatic carbocycles. The predicted molar refractivity (Wildman–Crippen MR) is 89.5 cm³/mol. The third-order valence-corrected chi connectivity index (χ3v) is 6.51. The van der Waals surface area contributed by atoms with E-state index in [4.69, 9.17) is 9.16 Å². The topological polar surface area (TPSA) is 18.5 Å². The maximum absolute atomic E-state index is 6.15. The van der Waals surface area contributed by atoms with E-state index in [1.54, 1.807) is 0 Å². The molecule has 0 aliphatic heterocycles. The first-order valence-electron chi connectivity index (χ1n) is 7.65. The monoisotopic (exact) mass is 292 g/mol. The van der Waals surface area contributed by atoms with E-state index < -0.39 is 9.04 Å². The van der Waals surface area contributed by atoms with Crippen LogP contribution >= 0.6 is 0 Å². The average Bonchev–Trinajstić information content (AvgIpc) is 2.47. The highest BCUT2D eigenvalue weighted by Gasteiger charge is 2.19. The van der Waals surface area contributed by atoms with Gasteiger partial charge in [0.15, 0.2) is 0 Å². The van der Waals surface area contributed by atoms with Crippen LogP contribution in [0.5, 0.6) is 0 Å². The summed E-state index contributed by atoms with van der Waals surface area (Å²) >= 11 is 0. The van der Waals surface area contributed by atoms with Crippen LogP contribution < -0.4 is 0 Å². The van der Waals surface area contributed by atoms with Crippen molar-refractivity contribution in [2.75, 3.05) is 13.2 Å². The van der Waals surface area contributed by atoms with Crippen molar-refractivity contribution in [3.63, 3.8) is 0 Å². The molecule has 1 aromatic carbocycles. The number of hydrogen-bond donors (Lipinski definition) is 0. The second-order valence-corrected chi connectivity index (χ2v) is 7.98. The summed E-state index contributed by atoms with van der Waals surface area (Å²) in [5.41, 5.74) is 2.80. The summed E-state index contributed by atoms with van der Waals surface area (Å²) in [5, 5.41) is 0. The van der Waals surface area contributed by atoms with E-state index in [1.807, 2.05) is 6.08 Å². The molecule has 2 atom stereocenters. The van der Waals surface area contributed by atoms with Crippen molar-refractivity contribution in [1.82, 2.24) is 0 Å². The van der Waals surface area contributed by atoms with Gasteiger partial charge < -0.3 is 9.16 Å². The molecular weight excluding hydrogens is 264 g/mol. The second kappa shape index (κ2) is 9.92. The minimum atomic E-state index is -1.24. The number of rotatable bonds is 10. The fourth-order valence-corrected chi connectivity index (χ4v) is 4.56. The van der Waals surface area contributed by atoms with Crippen molar-refractivity contribution >= 4 is 15.1 Å². The summed E-state index contributed by atoms with van der Waals surface area (Å²) in [7, 11) is -1.24. The van der Waals surface area contributed by atoms with Crippen LogP contribution in [0.1, 0.15) is 38.3 Å². The van der Waals surface area contributed by atoms with Crippen LogP contribution in [-0.2, 0) is 15.6 Å². The Bertz CT molecular complexity index is 375. The van der Waals surface area contributed by atoms with Gasteiger partial charge in [-0.15, -0.1) is 0 Å². The molecule has 1 aromatic rings. The van der Waals surface area contributed by atoms with Crippen molar-refractivity contribution in [1.29, 1.82) is 0 Å². The van der Waals surface area contributed by atoms with E-state index in [0.29, 0.717) is 5.73 Å². The van der Waals surface area contributed by atoms with Crippen molar-refractivity contribution in [3.8, 4) is 0 Å². The van der Waals surface area contributed by atoms with Crippen LogP contribution in [0.25, 0.3) is 6.08 Å². The Kier molecular flexibility index (Phi) is 8.50. The molecule has 0 heterocycles. The zero-order valence-electron chi connectivity index (χ0n) is 13.1. The molecule has 0 N–H and O–H groups in total. The van der Waals surface area contributed by atoms with E-state index >= 15 is 0 Å². The Morgan fingerprint density at radius 3 is 2.50 bits per heavy atom. The molecule has 0 bridgehead atoms. The van der Waals surface area contributed by atoms with Crippen LogP contribution in [0.2, 0.25) is 6.04 Å². The molecular formula is C17H28O2Si. The van der Waals surface area contributed by atoms with Crippen LogP contribution in [0.4, 0.5) is 0 Å². The van der Waals surface area contributed by atoms with Gasteiger partial charge in [-0.2, -0.15) is 0 Å². The van der Waals surface area contributed by atoms with Crippen molar-refractivity contribution in [2.45, 2.75) is 45.4 Å². The molecule has 0 spiro atoms. The fraction of sp³-hybridized carbons (Fsp3) is 0.529. The summed E-state index contributed by atoms with van der Waals surface area (Å²) in [4.78, 5) is 0. The van der Waals surface area contributed by atoms with E-state index in [1.165, 1.54) is 18.0 Å². The lowest BCUT2D eigenvalue weighted by Crippen LogP contribution is -2.34. The summed E-state index contributed by atoms with van der Waals surface area (Å²) in [6.07, 6.45) is 4.03. The molecule has 0 aromatic heterocycles. The molecule has 0 saturated carbocycles. The van der Waals surface area contributed by atoms with Crippen LogP contribution in [0.3, 0.4) is 0 Å². The maximum atomic E-state index is 6.15. The predicted octanol–water partition coefficient (Wildman–Crippen LogP) is 3.99. The lowest BCUT2D eigenvalue weighted by molar-refractivity contribution is 0.109. The number of benzene rings is 1. The summed E-state index contributed by atoms with van der Waals surface area (Å²) < 4.78 is 11.9. The third-order valence-electron chi connectivity index (χ3n) is 3.46. The van der Waals surface area contributed by atoms with Crippen LogP contribution in [-0.4, -0.2) is 28.0 Å². The Morgan fingerprint density at radius 1 is 1.25 bits per heavy atom. The molecule has 20 heavy (non-hydrogen) atoms. The molecule has 112 valence electrons. The number of hydrogen-bond acceptors (Lipinski definition) is 2. The van der Waals surface area contributed by atoms with E-state index in [-0.39, 0.29) is 0 Å². The third kappa shape index (κ3) is 6.03. The Hall–Kier alpha value is -0.903. The van der Waals surface area contributed by atoms with Gasteiger partial charge in [-0.3, -0.25) is 0 Å². The number of ether oxygens (including phenoxy) is 1. The molecule has 0 radical (unpaired) electrons. The molecule has 1 rings (SSSR count). The average molecular weight is 292 g/mol. The van der Waals surface area contributed by atoms with Gasteiger partial charge in [-0.25, -0.2) is 0 Å². The van der Waals surface area contributed by atoms with Gasteiger partial charge in [0.2, 0.25) is 9.04 Å². The second-order valence-electron chi connectivity index (χ2n) is 5.05. The maximum Gasteiger partial charge on any atom is 0.204 e. The van der Waals surface area contributed by atoms with Gasteiger partial charge in [0.05, 0.1) is 5.73 Å². The minimum Gasteiger partial charge on any atom is -0.417 e. The fourth-order valence-electron chi connectivity index (χ4n) is 2.26. The first-order valence-corrected chi connectivity index (χ1v) is 9.61. The van der Waals surface area contributed by atoms with Crippen LogP contribution in [0, 0.1) is 0 Å². The summed E-state index contributed by atoms with van der Waals surface area (Å²) in [5.74, 6) is 0.